The van der Waals surface area contributed by atoms with Crippen LogP contribution >= 0.6 is 0 Å². The van der Waals surface area contributed by atoms with Crippen LogP contribution in [0.4, 0.5) is 14.6 Å². The van der Waals surface area contributed by atoms with Crippen LogP contribution in [-0.4, -0.2) is 47.8 Å². The molecule has 4 N–H and O–H groups in total. The molecule has 0 saturated carbocycles. The van der Waals surface area contributed by atoms with Crippen LogP contribution in [0, 0.1) is 17.6 Å². The van der Waals surface area contributed by atoms with Crippen molar-refractivity contribution in [3.05, 3.63) is 47.4 Å². The fraction of sp³-hybridized carbons (Fsp3) is 0.677. The third-order valence-electron chi connectivity index (χ3n) is 5.92. The first-order valence-electron chi connectivity index (χ1n) is 15.0. The second-order valence-corrected chi connectivity index (χ2v) is 10.2. The lowest BCUT2D eigenvalue weighted by Crippen LogP contribution is -2.39. The summed E-state index contributed by atoms with van der Waals surface area (Å²) in [7, 11) is 0. The van der Waals surface area contributed by atoms with Gasteiger partial charge in [-0.05, 0) is 62.1 Å². The summed E-state index contributed by atoms with van der Waals surface area (Å²) in [6, 6.07) is 2.38. The van der Waals surface area contributed by atoms with Crippen molar-refractivity contribution in [2.45, 2.75) is 106 Å². The molecule has 0 fully saturated rings. The predicted molar refractivity (Wildman–Crippen MR) is 163 cm³/mol. The van der Waals surface area contributed by atoms with Gasteiger partial charge in [-0.2, -0.15) is 0 Å². The second kappa shape index (κ2) is 22.3. The van der Waals surface area contributed by atoms with Gasteiger partial charge in [-0.3, -0.25) is 4.79 Å². The summed E-state index contributed by atoms with van der Waals surface area (Å²) in [5, 5.41) is 5.86. The van der Waals surface area contributed by atoms with Crippen LogP contribution in [0.25, 0.3) is 0 Å². The lowest BCUT2D eigenvalue weighted by molar-refractivity contribution is -0.115. The normalized spacial score (nSPS) is 14.4. The number of aromatic nitrogens is 2. The van der Waals surface area contributed by atoms with E-state index in [-0.39, 0.29) is 24.5 Å². The zero-order valence-corrected chi connectivity index (χ0v) is 26.2. The molecule has 1 aliphatic carbocycles. The molecule has 1 aliphatic rings. The van der Waals surface area contributed by atoms with Crippen LogP contribution in [0.1, 0.15) is 98.2 Å². The van der Waals surface area contributed by atoms with Gasteiger partial charge in [0.2, 0.25) is 5.91 Å². The summed E-state index contributed by atoms with van der Waals surface area (Å²) in [5.74, 6) is -0.0403. The highest BCUT2D eigenvalue weighted by Crippen LogP contribution is 2.25. The number of benzene rings is 1. The Morgan fingerprint density at radius 2 is 1.85 bits per heavy atom. The van der Waals surface area contributed by atoms with Gasteiger partial charge in [0.25, 0.3) is 0 Å². The largest absolute Gasteiger partial charge is 0.381 e. The van der Waals surface area contributed by atoms with E-state index in [0.29, 0.717) is 36.3 Å². The average Bonchev–Trinajstić information content (AvgIpc) is 3.40. The SMILES string of the molecule is CC.CC(CN)n1cnc(NC(=O)CNC2CCc3cc(F)cc(F)c3C2)c1.CCC.CCCOCCC(C)C. The van der Waals surface area contributed by atoms with Gasteiger partial charge in [0.05, 0.1) is 12.9 Å². The van der Waals surface area contributed by atoms with Crippen LogP contribution in [0.2, 0.25) is 0 Å². The third kappa shape index (κ3) is 15.4. The fourth-order valence-electron chi connectivity index (χ4n) is 3.71. The van der Waals surface area contributed by atoms with Crippen molar-refractivity contribution in [1.29, 1.82) is 0 Å². The van der Waals surface area contributed by atoms with Gasteiger partial charge in [-0.25, -0.2) is 13.8 Å². The molecule has 0 aliphatic heterocycles. The molecule has 2 atom stereocenters. The highest BCUT2D eigenvalue weighted by molar-refractivity contribution is 5.91. The smallest absolute Gasteiger partial charge is 0.239 e. The van der Waals surface area contributed by atoms with Crippen molar-refractivity contribution < 1.29 is 18.3 Å². The highest BCUT2D eigenvalue weighted by atomic mass is 19.1. The van der Waals surface area contributed by atoms with Crippen molar-refractivity contribution in [2.75, 3.05) is 31.6 Å². The summed E-state index contributed by atoms with van der Waals surface area (Å²) in [5.41, 5.74) is 6.85. The maximum Gasteiger partial charge on any atom is 0.239 e. The first-order chi connectivity index (χ1) is 19.1. The molecular weight excluding hydrogens is 512 g/mol. The van der Waals surface area contributed by atoms with Crippen LogP contribution in [-0.2, 0) is 22.4 Å². The number of imidazole rings is 1. The Balaban J connectivity index is 0.000000912. The molecule has 230 valence electrons. The summed E-state index contributed by atoms with van der Waals surface area (Å²) < 4.78 is 34.3. The Labute approximate surface area is 241 Å². The van der Waals surface area contributed by atoms with E-state index < -0.39 is 11.6 Å². The molecule has 2 aromatic rings. The van der Waals surface area contributed by atoms with E-state index >= 15 is 0 Å². The lowest BCUT2D eigenvalue weighted by atomic mass is 9.88. The average molecular weight is 568 g/mol. The summed E-state index contributed by atoms with van der Waals surface area (Å²) in [6.07, 6.45) is 8.70. The second-order valence-electron chi connectivity index (χ2n) is 10.2. The maximum atomic E-state index is 13.9. The van der Waals surface area contributed by atoms with Gasteiger partial charge in [0.1, 0.15) is 11.6 Å². The Morgan fingerprint density at radius 3 is 2.45 bits per heavy atom. The third-order valence-corrected chi connectivity index (χ3v) is 5.92. The molecule has 0 saturated heterocycles. The standard InChI is InChI=1S/C18H23F2N5O.C8H18O.C3H8.C2H6/c1-11(7-21)25-9-17(23-10-25)24-18(26)8-22-14-3-2-12-4-13(19)5-16(20)15(12)6-14;1-4-6-9-7-5-8(2)3;1-3-2;1-2/h4-5,9-11,14,22H,2-3,6-8,21H2,1H3,(H,24,26);8H,4-7H2,1-3H3;3H2,1-2H3;1-2H3. The molecule has 0 spiro atoms. The molecule has 40 heavy (non-hydrogen) atoms. The van der Waals surface area contributed by atoms with Gasteiger partial charge in [0.15, 0.2) is 5.82 Å². The Morgan fingerprint density at radius 1 is 1.18 bits per heavy atom. The predicted octanol–water partition coefficient (Wildman–Crippen LogP) is 6.67. The number of nitrogens with two attached hydrogens (primary N) is 1. The van der Waals surface area contributed by atoms with Crippen molar-refractivity contribution >= 4 is 11.7 Å². The highest BCUT2D eigenvalue weighted by Gasteiger charge is 2.22. The minimum absolute atomic E-state index is 0.0250. The molecular formula is C31H55F2N5O2. The number of carbonyl (C=O) groups is 1. The number of nitrogens with one attached hydrogen (secondary N) is 2. The van der Waals surface area contributed by atoms with Crippen LogP contribution < -0.4 is 16.4 Å². The van der Waals surface area contributed by atoms with Gasteiger partial charge < -0.3 is 25.7 Å². The fourth-order valence-corrected chi connectivity index (χ4v) is 3.71. The van der Waals surface area contributed by atoms with Crippen LogP contribution in [0.15, 0.2) is 24.7 Å². The van der Waals surface area contributed by atoms with E-state index in [4.69, 9.17) is 10.5 Å². The molecule has 7 nitrogen and oxygen atoms in total. The minimum atomic E-state index is -0.546. The zero-order valence-electron chi connectivity index (χ0n) is 26.2. The monoisotopic (exact) mass is 567 g/mol. The molecule has 0 bridgehead atoms. The Hall–Kier alpha value is -2.36. The number of anilines is 1. The number of hydrogen-bond donors (Lipinski definition) is 3. The van der Waals surface area contributed by atoms with Crippen LogP contribution in [0.3, 0.4) is 0 Å². The van der Waals surface area contributed by atoms with Crippen molar-refractivity contribution in [3.8, 4) is 0 Å². The lowest BCUT2D eigenvalue weighted by Gasteiger charge is -2.25. The van der Waals surface area contributed by atoms with Crippen molar-refractivity contribution in [2.24, 2.45) is 11.7 Å². The minimum Gasteiger partial charge on any atom is -0.381 e. The van der Waals surface area contributed by atoms with E-state index in [1.807, 2.05) is 25.3 Å². The summed E-state index contributed by atoms with van der Waals surface area (Å²) in [6.45, 7) is 19.2. The Kier molecular flexibility index (Phi) is 21.0. The van der Waals surface area contributed by atoms with E-state index in [0.717, 1.165) is 38.0 Å². The molecule has 2 unspecified atom stereocenters. The van der Waals surface area contributed by atoms with E-state index in [1.54, 1.807) is 12.5 Å². The van der Waals surface area contributed by atoms with Crippen molar-refractivity contribution in [1.82, 2.24) is 14.9 Å². The summed E-state index contributed by atoms with van der Waals surface area (Å²) in [4.78, 5) is 16.2. The molecule has 1 aromatic carbocycles. The quantitative estimate of drug-likeness (QED) is 0.264. The number of fused-ring (bicyclic) bond motifs is 1. The maximum absolute atomic E-state index is 13.9. The number of halogens is 2. The molecule has 3 rings (SSSR count). The first kappa shape index (κ1) is 37.6. The van der Waals surface area contributed by atoms with Gasteiger partial charge in [-0.1, -0.05) is 54.9 Å². The van der Waals surface area contributed by atoms with Gasteiger partial charge in [-0.15, -0.1) is 0 Å². The number of amides is 1. The number of ether oxygens (including phenoxy) is 1. The zero-order chi connectivity index (χ0) is 30.5. The van der Waals surface area contributed by atoms with E-state index in [1.165, 1.54) is 18.9 Å². The van der Waals surface area contributed by atoms with Crippen molar-refractivity contribution in [3.63, 3.8) is 0 Å². The number of nitrogens with zero attached hydrogens (tertiary/aromatic N) is 2. The van der Waals surface area contributed by atoms with E-state index in [9.17, 15) is 13.6 Å². The Bertz CT molecular complexity index is 936. The van der Waals surface area contributed by atoms with E-state index in [2.05, 4.69) is 50.2 Å². The van der Waals surface area contributed by atoms with Gasteiger partial charge >= 0.3 is 0 Å². The number of carbonyl (C=O) groups excluding carboxylic acids is 1. The molecule has 9 heteroatoms. The molecule has 1 aromatic heterocycles. The topological polar surface area (TPSA) is 94.2 Å². The number of rotatable bonds is 11. The number of aryl methyl sites for hydroxylation is 1. The molecule has 1 heterocycles. The molecule has 1 amide bonds. The summed E-state index contributed by atoms with van der Waals surface area (Å²) >= 11 is 0. The first-order valence-corrected chi connectivity index (χ1v) is 15.0. The molecule has 0 radical (unpaired) electrons. The van der Waals surface area contributed by atoms with Crippen LogP contribution in [0.5, 0.6) is 0 Å². The number of hydrogen-bond acceptors (Lipinski definition) is 5. The van der Waals surface area contributed by atoms with Gasteiger partial charge in [0, 0.05) is 44.1 Å².